The van der Waals surface area contributed by atoms with Crippen LogP contribution in [0.25, 0.3) is 0 Å². The molecular weight excluding hydrogens is 281 g/mol. The molecule has 2 aromatic rings. The van der Waals surface area contributed by atoms with Crippen molar-refractivity contribution in [2.24, 2.45) is 4.99 Å². The van der Waals surface area contributed by atoms with Crippen molar-refractivity contribution in [2.45, 2.75) is 6.42 Å². The first-order valence-electron chi connectivity index (χ1n) is 7.21. The number of anilines is 1. The molecule has 2 N–H and O–H groups in total. The van der Waals surface area contributed by atoms with Crippen LogP contribution in [0.3, 0.4) is 0 Å². The second kappa shape index (κ2) is 6.47. The van der Waals surface area contributed by atoms with Crippen molar-refractivity contribution in [3.63, 3.8) is 0 Å². The topological polar surface area (TPSA) is 45.6 Å². The Labute approximate surface area is 129 Å². The van der Waals surface area contributed by atoms with Crippen LogP contribution in [0, 0.1) is 5.82 Å². The first kappa shape index (κ1) is 14.4. The lowest BCUT2D eigenvalue weighted by atomic mass is 10.0. The molecule has 2 aromatic carbocycles. The summed E-state index contributed by atoms with van der Waals surface area (Å²) in [6, 6.07) is 12.9. The molecule has 3 rings (SSSR count). The molecular formula is C17H18FN3O. The highest BCUT2D eigenvalue weighted by atomic mass is 19.1. The molecule has 1 heterocycles. The Bertz CT molecular complexity index is 683. The van der Waals surface area contributed by atoms with E-state index in [2.05, 4.69) is 15.6 Å². The van der Waals surface area contributed by atoms with Gasteiger partial charge in [0.05, 0.1) is 13.7 Å². The number of nitrogens with zero attached hydrogens (tertiary/aromatic N) is 1. The molecule has 22 heavy (non-hydrogen) atoms. The summed E-state index contributed by atoms with van der Waals surface area (Å²) in [5.41, 5.74) is 2.67. The minimum atomic E-state index is -0.244. The van der Waals surface area contributed by atoms with Crippen molar-refractivity contribution in [1.82, 2.24) is 5.32 Å². The van der Waals surface area contributed by atoms with Gasteiger partial charge in [0.1, 0.15) is 11.6 Å². The van der Waals surface area contributed by atoms with Crippen molar-refractivity contribution in [3.8, 4) is 5.75 Å². The molecule has 1 aliphatic heterocycles. The van der Waals surface area contributed by atoms with Crippen LogP contribution in [0.2, 0.25) is 0 Å². The summed E-state index contributed by atoms with van der Waals surface area (Å²) < 4.78 is 19.0. The Balaban J connectivity index is 1.68. The lowest BCUT2D eigenvalue weighted by Gasteiger charge is -2.09. The first-order chi connectivity index (χ1) is 10.7. The summed E-state index contributed by atoms with van der Waals surface area (Å²) in [5.74, 6) is 1.09. The number of guanidine groups is 1. The molecule has 0 radical (unpaired) electrons. The van der Waals surface area contributed by atoms with E-state index >= 15 is 0 Å². The van der Waals surface area contributed by atoms with E-state index in [1.165, 1.54) is 13.2 Å². The summed E-state index contributed by atoms with van der Waals surface area (Å²) in [5, 5.41) is 6.36. The van der Waals surface area contributed by atoms with Crippen molar-refractivity contribution in [1.29, 1.82) is 0 Å². The monoisotopic (exact) mass is 299 g/mol. The third-order valence-electron chi connectivity index (χ3n) is 3.55. The standard InChI is InChI=1S/C17H18FN3O/c1-22-15-7-4-13(16(18)11-15)10-12-2-5-14(6-3-12)21-17-19-8-9-20-17/h2-7,11H,8-10H2,1H3,(H2,19,20,21). The number of hydrogen-bond acceptors (Lipinski definition) is 4. The Morgan fingerprint density at radius 3 is 2.68 bits per heavy atom. The van der Waals surface area contributed by atoms with Gasteiger partial charge in [0.15, 0.2) is 5.96 Å². The highest BCUT2D eigenvalue weighted by Crippen LogP contribution is 2.20. The predicted octanol–water partition coefficient (Wildman–Crippen LogP) is 2.80. The van der Waals surface area contributed by atoms with Gasteiger partial charge in [0.2, 0.25) is 0 Å². The lowest BCUT2D eigenvalue weighted by molar-refractivity contribution is 0.411. The lowest BCUT2D eigenvalue weighted by Crippen LogP contribution is -2.26. The molecule has 5 heteroatoms. The van der Waals surface area contributed by atoms with Crippen molar-refractivity contribution in [2.75, 3.05) is 25.5 Å². The van der Waals surface area contributed by atoms with E-state index in [4.69, 9.17) is 4.74 Å². The first-order valence-corrected chi connectivity index (χ1v) is 7.21. The maximum absolute atomic E-state index is 14.0. The Kier molecular flexibility index (Phi) is 4.23. The fraction of sp³-hybridized carbons (Fsp3) is 0.235. The van der Waals surface area contributed by atoms with Crippen LogP contribution < -0.4 is 15.4 Å². The molecule has 0 saturated carbocycles. The third kappa shape index (κ3) is 3.36. The quantitative estimate of drug-likeness (QED) is 0.912. The summed E-state index contributed by atoms with van der Waals surface area (Å²) in [4.78, 5) is 4.28. The average Bonchev–Trinajstić information content (AvgIpc) is 3.04. The second-order valence-corrected chi connectivity index (χ2v) is 5.11. The van der Waals surface area contributed by atoms with Gasteiger partial charge in [-0.2, -0.15) is 0 Å². The van der Waals surface area contributed by atoms with Crippen LogP contribution in [0.15, 0.2) is 47.5 Å². The van der Waals surface area contributed by atoms with Crippen LogP contribution in [-0.4, -0.2) is 26.2 Å². The summed E-state index contributed by atoms with van der Waals surface area (Å²) in [7, 11) is 1.53. The number of hydrogen-bond donors (Lipinski definition) is 2. The normalized spacial score (nSPS) is 13.5. The van der Waals surface area contributed by atoms with Gasteiger partial charge in [-0.05, 0) is 29.3 Å². The van der Waals surface area contributed by atoms with Crippen molar-refractivity contribution < 1.29 is 9.13 Å². The fourth-order valence-electron chi connectivity index (χ4n) is 2.34. The zero-order valence-electron chi connectivity index (χ0n) is 12.4. The van der Waals surface area contributed by atoms with Crippen molar-refractivity contribution in [3.05, 3.63) is 59.4 Å². The summed E-state index contributed by atoms with van der Waals surface area (Å²) in [6.45, 7) is 1.67. The van der Waals surface area contributed by atoms with E-state index in [1.54, 1.807) is 12.1 Å². The van der Waals surface area contributed by atoms with Gasteiger partial charge in [0, 0.05) is 24.7 Å². The smallest absolute Gasteiger partial charge is 0.195 e. The molecule has 0 aliphatic carbocycles. The van der Waals surface area contributed by atoms with Crippen LogP contribution in [0.1, 0.15) is 11.1 Å². The molecule has 0 atom stereocenters. The molecule has 0 bridgehead atoms. The molecule has 0 fully saturated rings. The number of rotatable bonds is 4. The van der Waals surface area contributed by atoms with Gasteiger partial charge in [-0.25, -0.2) is 4.39 Å². The Morgan fingerprint density at radius 1 is 1.23 bits per heavy atom. The largest absolute Gasteiger partial charge is 0.497 e. The zero-order valence-corrected chi connectivity index (χ0v) is 12.4. The highest BCUT2D eigenvalue weighted by Gasteiger charge is 2.07. The Hall–Kier alpha value is -2.56. The van der Waals surface area contributed by atoms with Crippen LogP contribution in [-0.2, 0) is 6.42 Å². The van der Waals surface area contributed by atoms with E-state index in [1.807, 2.05) is 24.3 Å². The van der Waals surface area contributed by atoms with Gasteiger partial charge in [0.25, 0.3) is 0 Å². The summed E-state index contributed by atoms with van der Waals surface area (Å²) in [6.07, 6.45) is 0.551. The summed E-state index contributed by atoms with van der Waals surface area (Å²) >= 11 is 0. The molecule has 1 aliphatic rings. The maximum Gasteiger partial charge on any atom is 0.195 e. The van der Waals surface area contributed by atoms with Crippen LogP contribution in [0.4, 0.5) is 10.1 Å². The fourth-order valence-corrected chi connectivity index (χ4v) is 2.34. The Morgan fingerprint density at radius 2 is 2.05 bits per heavy atom. The van der Waals surface area contributed by atoms with Crippen molar-refractivity contribution >= 4 is 11.6 Å². The van der Waals surface area contributed by atoms with Crippen LogP contribution >= 0.6 is 0 Å². The molecule has 114 valence electrons. The zero-order chi connectivity index (χ0) is 15.4. The number of halogens is 1. The predicted molar refractivity (Wildman–Crippen MR) is 86.1 cm³/mol. The molecule has 4 nitrogen and oxygen atoms in total. The number of aliphatic imine (C=N–C) groups is 1. The van der Waals surface area contributed by atoms with Crippen LogP contribution in [0.5, 0.6) is 5.75 Å². The molecule has 0 unspecified atom stereocenters. The minimum absolute atomic E-state index is 0.244. The number of ether oxygens (including phenoxy) is 1. The second-order valence-electron chi connectivity index (χ2n) is 5.11. The molecule has 0 spiro atoms. The van der Waals surface area contributed by atoms with E-state index < -0.39 is 0 Å². The molecule has 0 saturated heterocycles. The van der Waals surface area contributed by atoms with E-state index in [0.29, 0.717) is 17.7 Å². The van der Waals surface area contributed by atoms with E-state index in [-0.39, 0.29) is 5.82 Å². The van der Waals surface area contributed by atoms with Gasteiger partial charge < -0.3 is 15.4 Å². The maximum atomic E-state index is 14.0. The van der Waals surface area contributed by atoms with E-state index in [9.17, 15) is 4.39 Å². The van der Waals surface area contributed by atoms with E-state index in [0.717, 1.165) is 30.3 Å². The highest BCUT2D eigenvalue weighted by molar-refractivity contribution is 5.94. The van der Waals surface area contributed by atoms with Gasteiger partial charge in [-0.1, -0.05) is 18.2 Å². The SMILES string of the molecule is COc1ccc(Cc2ccc(NC3=NCCN3)cc2)c(F)c1. The van der Waals surface area contributed by atoms with Gasteiger partial charge >= 0.3 is 0 Å². The number of nitrogens with one attached hydrogen (secondary N) is 2. The van der Waals surface area contributed by atoms with Gasteiger partial charge in [-0.3, -0.25) is 4.99 Å². The van der Waals surface area contributed by atoms with Gasteiger partial charge in [-0.15, -0.1) is 0 Å². The number of benzene rings is 2. The average molecular weight is 299 g/mol. The minimum Gasteiger partial charge on any atom is -0.497 e. The number of methoxy groups -OCH3 is 1. The molecule has 0 aromatic heterocycles. The third-order valence-corrected chi connectivity index (χ3v) is 3.55. The molecule has 0 amide bonds.